The molecule has 0 radical (unpaired) electrons. The van der Waals surface area contributed by atoms with Crippen molar-refractivity contribution in [3.8, 4) is 0 Å². The Morgan fingerprint density at radius 3 is 2.86 bits per heavy atom. The molecular formula is C16H20N4O. The monoisotopic (exact) mass is 284 g/mol. The van der Waals surface area contributed by atoms with E-state index in [-0.39, 0.29) is 6.04 Å². The number of furan rings is 1. The van der Waals surface area contributed by atoms with Crippen LogP contribution in [-0.4, -0.2) is 14.8 Å². The number of rotatable bonds is 5. The zero-order chi connectivity index (χ0) is 14.8. The van der Waals surface area contributed by atoms with Gasteiger partial charge in [-0.1, -0.05) is 6.92 Å². The van der Waals surface area contributed by atoms with Gasteiger partial charge in [-0.15, -0.1) is 0 Å². The first kappa shape index (κ1) is 13.7. The molecule has 0 fully saturated rings. The van der Waals surface area contributed by atoms with E-state index in [1.165, 1.54) is 0 Å². The van der Waals surface area contributed by atoms with Gasteiger partial charge in [-0.3, -0.25) is 0 Å². The van der Waals surface area contributed by atoms with E-state index in [2.05, 4.69) is 42.2 Å². The molecule has 3 heterocycles. The molecular weight excluding hydrogens is 264 g/mol. The molecule has 21 heavy (non-hydrogen) atoms. The second kappa shape index (κ2) is 5.60. The molecule has 0 saturated heterocycles. The van der Waals surface area contributed by atoms with Crippen LogP contribution in [0.25, 0.3) is 11.0 Å². The quantitative estimate of drug-likeness (QED) is 0.764. The van der Waals surface area contributed by atoms with Crippen LogP contribution in [0, 0.1) is 0 Å². The van der Waals surface area contributed by atoms with E-state index in [4.69, 9.17) is 4.42 Å². The van der Waals surface area contributed by atoms with Crippen molar-refractivity contribution in [1.29, 1.82) is 0 Å². The maximum atomic E-state index is 5.48. The van der Waals surface area contributed by atoms with Crippen molar-refractivity contribution in [2.45, 2.75) is 39.3 Å². The predicted octanol–water partition coefficient (Wildman–Crippen LogP) is 4.17. The molecule has 0 aromatic carbocycles. The first-order chi connectivity index (χ1) is 10.2. The lowest BCUT2D eigenvalue weighted by molar-refractivity contribution is 0.474. The zero-order valence-corrected chi connectivity index (χ0v) is 12.6. The number of hydrogen-bond acceptors (Lipinski definition) is 4. The number of aromatic nitrogens is 3. The van der Waals surface area contributed by atoms with Crippen LogP contribution in [0.3, 0.4) is 0 Å². The number of hydrogen-bond donors (Lipinski definition) is 1. The average Bonchev–Trinajstić information content (AvgIpc) is 3.13. The largest absolute Gasteiger partial charge is 0.467 e. The van der Waals surface area contributed by atoms with Gasteiger partial charge in [0.15, 0.2) is 5.65 Å². The molecule has 1 unspecified atom stereocenters. The standard InChI is InChI=1S/C16H20N4O/c1-4-14(15-6-5-7-21-15)19-13-8-12-9-18-20(11(2)3)16(12)17-10-13/h5-11,14,19H,4H2,1-3H3. The Labute approximate surface area is 124 Å². The van der Waals surface area contributed by atoms with Crippen molar-refractivity contribution in [3.05, 3.63) is 42.6 Å². The van der Waals surface area contributed by atoms with Crippen LogP contribution in [0.1, 0.15) is 45.0 Å². The van der Waals surface area contributed by atoms with E-state index in [0.29, 0.717) is 6.04 Å². The minimum atomic E-state index is 0.152. The first-order valence-corrected chi connectivity index (χ1v) is 7.32. The second-order valence-electron chi connectivity index (χ2n) is 5.44. The molecule has 0 amide bonds. The van der Waals surface area contributed by atoms with Crippen LogP contribution in [-0.2, 0) is 0 Å². The zero-order valence-electron chi connectivity index (χ0n) is 12.6. The normalized spacial score (nSPS) is 13.0. The van der Waals surface area contributed by atoms with Crippen LogP contribution in [0.4, 0.5) is 5.69 Å². The van der Waals surface area contributed by atoms with E-state index >= 15 is 0 Å². The van der Waals surface area contributed by atoms with E-state index in [1.807, 2.05) is 29.2 Å². The Morgan fingerprint density at radius 2 is 2.19 bits per heavy atom. The molecule has 5 heteroatoms. The summed E-state index contributed by atoms with van der Waals surface area (Å²) in [7, 11) is 0. The Morgan fingerprint density at radius 1 is 1.33 bits per heavy atom. The van der Waals surface area contributed by atoms with Crippen LogP contribution < -0.4 is 5.32 Å². The van der Waals surface area contributed by atoms with Crippen molar-refractivity contribution >= 4 is 16.7 Å². The number of nitrogens with one attached hydrogen (secondary N) is 1. The molecule has 3 aromatic rings. The summed E-state index contributed by atoms with van der Waals surface area (Å²) in [6.07, 6.45) is 6.36. The van der Waals surface area contributed by atoms with Gasteiger partial charge in [-0.05, 0) is 38.5 Å². The molecule has 1 N–H and O–H groups in total. The Balaban J connectivity index is 1.87. The topological polar surface area (TPSA) is 55.9 Å². The van der Waals surface area contributed by atoms with Crippen LogP contribution in [0.2, 0.25) is 0 Å². The molecule has 0 saturated carbocycles. The summed E-state index contributed by atoms with van der Waals surface area (Å²) in [6, 6.07) is 6.44. The van der Waals surface area contributed by atoms with E-state index in [9.17, 15) is 0 Å². The smallest absolute Gasteiger partial charge is 0.158 e. The summed E-state index contributed by atoms with van der Waals surface area (Å²) in [5.41, 5.74) is 1.90. The van der Waals surface area contributed by atoms with Crippen LogP contribution in [0.5, 0.6) is 0 Å². The van der Waals surface area contributed by atoms with Gasteiger partial charge >= 0.3 is 0 Å². The molecule has 0 aliphatic carbocycles. The average molecular weight is 284 g/mol. The molecule has 5 nitrogen and oxygen atoms in total. The third-order valence-corrected chi connectivity index (χ3v) is 3.56. The lowest BCUT2D eigenvalue weighted by atomic mass is 10.1. The number of fused-ring (bicyclic) bond motifs is 1. The first-order valence-electron chi connectivity index (χ1n) is 7.32. The maximum Gasteiger partial charge on any atom is 0.158 e. The Kier molecular flexibility index (Phi) is 3.64. The van der Waals surface area contributed by atoms with E-state index < -0.39 is 0 Å². The third kappa shape index (κ3) is 2.63. The molecule has 1 atom stereocenters. The highest BCUT2D eigenvalue weighted by molar-refractivity contribution is 5.78. The molecule has 0 aliphatic rings. The summed E-state index contributed by atoms with van der Waals surface area (Å²) in [5, 5.41) is 8.91. The van der Waals surface area contributed by atoms with Crippen molar-refractivity contribution < 1.29 is 4.42 Å². The minimum absolute atomic E-state index is 0.152. The van der Waals surface area contributed by atoms with Crippen molar-refractivity contribution in [1.82, 2.24) is 14.8 Å². The molecule has 3 aromatic heterocycles. The van der Waals surface area contributed by atoms with Gasteiger partial charge in [0.1, 0.15) is 5.76 Å². The molecule has 0 bridgehead atoms. The summed E-state index contributed by atoms with van der Waals surface area (Å²) >= 11 is 0. The highest BCUT2D eigenvalue weighted by Gasteiger charge is 2.13. The van der Waals surface area contributed by atoms with Crippen molar-refractivity contribution in [3.63, 3.8) is 0 Å². The van der Waals surface area contributed by atoms with Gasteiger partial charge in [0.05, 0.1) is 30.4 Å². The Hall–Kier alpha value is -2.30. The number of nitrogens with zero attached hydrogens (tertiary/aromatic N) is 3. The lowest BCUT2D eigenvalue weighted by Crippen LogP contribution is -2.09. The number of pyridine rings is 1. The maximum absolute atomic E-state index is 5.48. The molecule has 0 spiro atoms. The summed E-state index contributed by atoms with van der Waals surface area (Å²) in [4.78, 5) is 4.54. The predicted molar refractivity (Wildman–Crippen MR) is 83.3 cm³/mol. The highest BCUT2D eigenvalue weighted by atomic mass is 16.3. The van der Waals surface area contributed by atoms with Crippen LogP contribution >= 0.6 is 0 Å². The van der Waals surface area contributed by atoms with Gasteiger partial charge in [0, 0.05) is 11.4 Å². The fourth-order valence-corrected chi connectivity index (χ4v) is 2.46. The molecule has 3 rings (SSSR count). The fraction of sp³-hybridized carbons (Fsp3) is 0.375. The van der Waals surface area contributed by atoms with E-state index in [1.54, 1.807) is 6.26 Å². The summed E-state index contributed by atoms with van der Waals surface area (Å²) in [5.74, 6) is 0.940. The van der Waals surface area contributed by atoms with Crippen molar-refractivity contribution in [2.75, 3.05) is 5.32 Å². The van der Waals surface area contributed by atoms with Gasteiger partial charge in [0.25, 0.3) is 0 Å². The van der Waals surface area contributed by atoms with Crippen LogP contribution in [0.15, 0.2) is 41.3 Å². The van der Waals surface area contributed by atoms with Gasteiger partial charge in [0.2, 0.25) is 0 Å². The number of anilines is 1. The highest BCUT2D eigenvalue weighted by Crippen LogP contribution is 2.25. The SMILES string of the molecule is CCC(Nc1cnc2c(cnn2C(C)C)c1)c1ccco1. The third-order valence-electron chi connectivity index (χ3n) is 3.56. The van der Waals surface area contributed by atoms with Gasteiger partial charge < -0.3 is 9.73 Å². The Bertz CT molecular complexity index is 715. The lowest BCUT2D eigenvalue weighted by Gasteiger charge is -2.15. The second-order valence-corrected chi connectivity index (χ2v) is 5.44. The summed E-state index contributed by atoms with van der Waals surface area (Å²) in [6.45, 7) is 6.33. The minimum Gasteiger partial charge on any atom is -0.467 e. The molecule has 110 valence electrons. The van der Waals surface area contributed by atoms with Crippen molar-refractivity contribution in [2.24, 2.45) is 0 Å². The summed E-state index contributed by atoms with van der Waals surface area (Å²) < 4.78 is 7.42. The van der Waals surface area contributed by atoms with Gasteiger partial charge in [-0.2, -0.15) is 5.10 Å². The fourth-order valence-electron chi connectivity index (χ4n) is 2.46. The molecule has 0 aliphatic heterocycles. The van der Waals surface area contributed by atoms with Gasteiger partial charge in [-0.25, -0.2) is 9.67 Å². The van der Waals surface area contributed by atoms with E-state index in [0.717, 1.165) is 28.9 Å².